The van der Waals surface area contributed by atoms with Crippen LogP contribution in [0.3, 0.4) is 0 Å². The van der Waals surface area contributed by atoms with E-state index in [0.717, 1.165) is 35.1 Å². The molecule has 1 unspecified atom stereocenters. The Morgan fingerprint density at radius 3 is 1.78 bits per heavy atom. The monoisotopic (exact) mass is 741 g/mol. The molecule has 0 saturated heterocycles. The van der Waals surface area contributed by atoms with Crippen molar-refractivity contribution in [3.8, 4) is 78.7 Å². The molecule has 1 atom stereocenters. The van der Waals surface area contributed by atoms with E-state index in [1.807, 2.05) is 18.2 Å². The highest BCUT2D eigenvalue weighted by Crippen LogP contribution is 2.50. The summed E-state index contributed by atoms with van der Waals surface area (Å²) in [6.45, 7) is 2.34. The second kappa shape index (κ2) is 14.1. The Kier molecular flexibility index (Phi) is 8.25. The van der Waals surface area contributed by atoms with Crippen molar-refractivity contribution in [1.82, 2.24) is 15.0 Å². The molecule has 274 valence electrons. The summed E-state index contributed by atoms with van der Waals surface area (Å²) in [5.74, 6) is 2.50. The predicted octanol–water partition coefficient (Wildman–Crippen LogP) is 14.1. The molecule has 11 rings (SSSR count). The molecule has 9 aromatic rings. The molecule has 1 heterocycles. The normalized spacial score (nSPS) is 13.9. The first-order chi connectivity index (χ1) is 28.6. The van der Waals surface area contributed by atoms with E-state index in [1.165, 1.54) is 72.0 Å². The number of hydrogen-bond acceptors (Lipinski definition) is 3. The van der Waals surface area contributed by atoms with Gasteiger partial charge in [-0.15, -0.1) is 0 Å². The fourth-order valence-electron chi connectivity index (χ4n) is 9.04. The van der Waals surface area contributed by atoms with Crippen LogP contribution < -0.4 is 0 Å². The molecule has 0 bridgehead atoms. The van der Waals surface area contributed by atoms with Crippen LogP contribution in [0.4, 0.5) is 0 Å². The molecule has 0 N–H and O–H groups in total. The van der Waals surface area contributed by atoms with Crippen molar-refractivity contribution in [3.05, 3.63) is 204 Å². The second-order valence-electron chi connectivity index (χ2n) is 15.6. The van der Waals surface area contributed by atoms with Gasteiger partial charge in [0.25, 0.3) is 0 Å². The third kappa shape index (κ3) is 5.95. The van der Waals surface area contributed by atoms with E-state index in [4.69, 9.17) is 15.0 Å². The van der Waals surface area contributed by atoms with Gasteiger partial charge in [0.05, 0.1) is 0 Å². The molecule has 0 radical (unpaired) electrons. The van der Waals surface area contributed by atoms with Gasteiger partial charge in [0.1, 0.15) is 0 Å². The Balaban J connectivity index is 1.08. The van der Waals surface area contributed by atoms with Gasteiger partial charge in [-0.2, -0.15) is 0 Å². The molecule has 0 spiro atoms. The summed E-state index contributed by atoms with van der Waals surface area (Å²) in [6, 6.07) is 62.9. The summed E-state index contributed by atoms with van der Waals surface area (Å²) in [4.78, 5) is 15.7. The van der Waals surface area contributed by atoms with Crippen LogP contribution in [0.5, 0.6) is 0 Å². The lowest BCUT2D eigenvalue weighted by Gasteiger charge is -2.21. The van der Waals surface area contributed by atoms with Crippen molar-refractivity contribution >= 4 is 16.8 Å². The van der Waals surface area contributed by atoms with Crippen LogP contribution >= 0.6 is 0 Å². The summed E-state index contributed by atoms with van der Waals surface area (Å²) in [5.41, 5.74) is 18.2. The van der Waals surface area contributed by atoms with Crippen molar-refractivity contribution < 1.29 is 0 Å². The quantitative estimate of drug-likeness (QED) is 0.170. The van der Waals surface area contributed by atoms with E-state index in [-0.39, 0.29) is 0 Å². The molecule has 0 aliphatic heterocycles. The number of nitrogens with zero attached hydrogens (tertiary/aromatic N) is 3. The lowest BCUT2D eigenvalue weighted by atomic mass is 9.84. The third-order valence-corrected chi connectivity index (χ3v) is 12.0. The number of hydrogen-bond donors (Lipinski definition) is 0. The third-order valence-electron chi connectivity index (χ3n) is 12.0. The molecule has 3 heteroatoms. The van der Waals surface area contributed by atoms with Crippen LogP contribution in [0.2, 0.25) is 0 Å². The molecule has 0 saturated carbocycles. The molecule has 2 aliphatic carbocycles. The molecule has 3 nitrogen and oxygen atoms in total. The van der Waals surface area contributed by atoms with Crippen LogP contribution in [-0.2, 0) is 6.42 Å². The van der Waals surface area contributed by atoms with Gasteiger partial charge in [-0.1, -0.05) is 183 Å². The maximum atomic E-state index is 5.30. The summed E-state index contributed by atoms with van der Waals surface area (Å²) in [7, 11) is 0. The van der Waals surface area contributed by atoms with Gasteiger partial charge in [-0.25, -0.2) is 15.0 Å². The minimum atomic E-state index is 0.489. The Morgan fingerprint density at radius 2 is 0.983 bits per heavy atom. The first-order valence-corrected chi connectivity index (χ1v) is 20.2. The Morgan fingerprint density at radius 1 is 0.414 bits per heavy atom. The second-order valence-corrected chi connectivity index (χ2v) is 15.6. The molecular formula is C55H39N3. The minimum Gasteiger partial charge on any atom is -0.208 e. The molecule has 1 aromatic heterocycles. The fraction of sp³-hybridized carbons (Fsp3) is 0.0727. The lowest BCUT2D eigenvalue weighted by Crippen LogP contribution is -2.03. The highest BCUT2D eigenvalue weighted by Gasteiger charge is 2.30. The van der Waals surface area contributed by atoms with Crippen LogP contribution in [0.1, 0.15) is 41.5 Å². The van der Waals surface area contributed by atoms with Crippen LogP contribution in [0, 0.1) is 0 Å². The van der Waals surface area contributed by atoms with E-state index >= 15 is 0 Å². The van der Waals surface area contributed by atoms with Crippen LogP contribution in [0.25, 0.3) is 95.5 Å². The topological polar surface area (TPSA) is 38.7 Å². The maximum Gasteiger partial charge on any atom is 0.164 e. The van der Waals surface area contributed by atoms with Gasteiger partial charge in [0.2, 0.25) is 0 Å². The van der Waals surface area contributed by atoms with Crippen molar-refractivity contribution in [1.29, 1.82) is 0 Å². The van der Waals surface area contributed by atoms with Crippen molar-refractivity contribution in [3.63, 3.8) is 0 Å². The lowest BCUT2D eigenvalue weighted by molar-refractivity contribution is 0.770. The van der Waals surface area contributed by atoms with Gasteiger partial charge in [0.15, 0.2) is 17.5 Å². The number of allylic oxidation sites excluding steroid dienone is 1. The zero-order chi connectivity index (χ0) is 38.6. The predicted molar refractivity (Wildman–Crippen MR) is 240 cm³/mol. The summed E-state index contributed by atoms with van der Waals surface area (Å²) < 4.78 is 0. The van der Waals surface area contributed by atoms with Crippen molar-refractivity contribution in [2.45, 2.75) is 25.7 Å². The summed E-state index contributed by atoms with van der Waals surface area (Å²) in [5, 5.41) is 2.47. The minimum absolute atomic E-state index is 0.489. The first-order valence-electron chi connectivity index (χ1n) is 20.2. The molecule has 58 heavy (non-hydrogen) atoms. The smallest absolute Gasteiger partial charge is 0.164 e. The van der Waals surface area contributed by atoms with E-state index < -0.39 is 0 Å². The highest BCUT2D eigenvalue weighted by molar-refractivity contribution is 5.97. The first kappa shape index (κ1) is 34.1. The molecule has 8 aromatic carbocycles. The van der Waals surface area contributed by atoms with Crippen molar-refractivity contribution in [2.75, 3.05) is 0 Å². The summed E-state index contributed by atoms with van der Waals surface area (Å²) in [6.07, 6.45) is 6.58. The Labute approximate surface area is 339 Å². The Bertz CT molecular complexity index is 3050. The molecular weight excluding hydrogens is 703 g/mol. The number of rotatable bonds is 6. The zero-order valence-corrected chi connectivity index (χ0v) is 32.2. The largest absolute Gasteiger partial charge is 0.208 e. The molecule has 2 aliphatic rings. The van der Waals surface area contributed by atoms with Gasteiger partial charge in [-0.05, 0) is 102 Å². The Hall–Kier alpha value is -7.23. The van der Waals surface area contributed by atoms with Crippen LogP contribution in [0.15, 0.2) is 182 Å². The van der Waals surface area contributed by atoms with Gasteiger partial charge in [-0.3, -0.25) is 0 Å². The van der Waals surface area contributed by atoms with Crippen molar-refractivity contribution in [2.24, 2.45) is 0 Å². The SMILES string of the molecule is CC1CC=Cc2c1ccc1c2Cc2c(-c3nc(-c4ccccc4)nc(-c4ccc(-c5ccc6ccccc6c5)cc4)n3)ccc(-c3cccc(-c4ccccc4)c3)c2-1. The number of fused-ring (bicyclic) bond motifs is 6. The zero-order valence-electron chi connectivity index (χ0n) is 32.2. The van der Waals surface area contributed by atoms with Gasteiger partial charge >= 0.3 is 0 Å². The standard InChI is InChI=1S/C55H39N3/c1-35-12-10-21-47-45(35)28-30-48-50(47)34-51-49(31-29-46(52(48)51)44-20-11-19-42(33-44)36-13-4-2-5-14-36)55-57-53(39-16-6-3-7-17-39)56-54(58-55)40-25-22-38(23-26-40)43-27-24-37-15-8-9-18-41(37)32-43/h2-11,13-33,35H,12,34H2,1H3. The average Bonchev–Trinajstić information content (AvgIpc) is 3.70. The molecule has 0 fully saturated rings. The van der Waals surface area contributed by atoms with E-state index in [1.54, 1.807) is 0 Å². The average molecular weight is 742 g/mol. The fourth-order valence-corrected chi connectivity index (χ4v) is 9.04. The summed E-state index contributed by atoms with van der Waals surface area (Å²) >= 11 is 0. The van der Waals surface area contributed by atoms with Crippen LogP contribution in [-0.4, -0.2) is 15.0 Å². The maximum absolute atomic E-state index is 5.30. The van der Waals surface area contributed by atoms with E-state index in [0.29, 0.717) is 23.4 Å². The highest BCUT2D eigenvalue weighted by atomic mass is 15.0. The number of aromatic nitrogens is 3. The van der Waals surface area contributed by atoms with E-state index in [2.05, 4.69) is 177 Å². The van der Waals surface area contributed by atoms with Gasteiger partial charge < -0.3 is 0 Å². The van der Waals surface area contributed by atoms with E-state index in [9.17, 15) is 0 Å². The molecule has 0 amide bonds. The van der Waals surface area contributed by atoms with Gasteiger partial charge in [0, 0.05) is 23.1 Å². The number of benzene rings is 8.